The van der Waals surface area contributed by atoms with Crippen LogP contribution in [0.4, 0.5) is 0 Å². The van der Waals surface area contributed by atoms with Crippen molar-refractivity contribution in [2.45, 2.75) is 12.8 Å². The van der Waals surface area contributed by atoms with Crippen LogP contribution in [0.15, 0.2) is 42.5 Å². The lowest BCUT2D eigenvalue weighted by Gasteiger charge is -2.15. The van der Waals surface area contributed by atoms with E-state index in [1.165, 1.54) is 5.56 Å². The molecule has 24 heavy (non-hydrogen) atoms. The van der Waals surface area contributed by atoms with Crippen molar-refractivity contribution >= 4 is 5.91 Å². The van der Waals surface area contributed by atoms with E-state index in [1.807, 2.05) is 36.4 Å². The molecule has 1 amide bonds. The zero-order valence-corrected chi connectivity index (χ0v) is 14.3. The summed E-state index contributed by atoms with van der Waals surface area (Å²) in [6.07, 6.45) is 1.02. The van der Waals surface area contributed by atoms with Gasteiger partial charge < -0.3 is 19.5 Å². The van der Waals surface area contributed by atoms with Crippen molar-refractivity contribution in [3.8, 4) is 17.2 Å². The Morgan fingerprint density at radius 2 is 1.62 bits per heavy atom. The minimum absolute atomic E-state index is 0.0588. The van der Waals surface area contributed by atoms with Crippen LogP contribution in [0, 0.1) is 0 Å². The van der Waals surface area contributed by atoms with Crippen LogP contribution in [-0.4, -0.2) is 33.8 Å². The normalized spacial score (nSPS) is 10.1. The highest BCUT2D eigenvalue weighted by atomic mass is 16.5. The molecule has 1 N–H and O–H groups in total. The van der Waals surface area contributed by atoms with Crippen molar-refractivity contribution in [3.05, 3.63) is 53.6 Å². The van der Waals surface area contributed by atoms with E-state index in [9.17, 15) is 4.79 Å². The number of hydrogen-bond donors (Lipinski definition) is 1. The minimum atomic E-state index is -0.0588. The zero-order valence-electron chi connectivity index (χ0n) is 14.3. The number of carbonyl (C=O) groups excluding carboxylic acids is 1. The van der Waals surface area contributed by atoms with Gasteiger partial charge in [-0.05, 0) is 18.1 Å². The molecule has 0 unspecified atom stereocenters. The molecule has 0 aliphatic heterocycles. The fourth-order valence-corrected chi connectivity index (χ4v) is 2.53. The summed E-state index contributed by atoms with van der Waals surface area (Å²) in [5, 5.41) is 2.93. The Morgan fingerprint density at radius 1 is 0.917 bits per heavy atom. The van der Waals surface area contributed by atoms with E-state index in [0.29, 0.717) is 23.8 Å². The van der Waals surface area contributed by atoms with Gasteiger partial charge in [-0.25, -0.2) is 0 Å². The van der Waals surface area contributed by atoms with E-state index in [4.69, 9.17) is 14.2 Å². The first-order chi connectivity index (χ1) is 11.7. The number of benzene rings is 2. The molecule has 0 bridgehead atoms. The molecule has 2 aromatic rings. The summed E-state index contributed by atoms with van der Waals surface area (Å²) in [7, 11) is 4.66. The maximum absolute atomic E-state index is 12.2. The molecule has 0 spiro atoms. The Morgan fingerprint density at radius 3 is 2.25 bits per heavy atom. The highest BCUT2D eigenvalue weighted by molar-refractivity contribution is 5.80. The van der Waals surface area contributed by atoms with Crippen molar-refractivity contribution in [2.75, 3.05) is 27.9 Å². The molecule has 2 rings (SSSR count). The number of nitrogens with one attached hydrogen (secondary N) is 1. The lowest BCUT2D eigenvalue weighted by Crippen LogP contribution is -2.27. The zero-order chi connectivity index (χ0) is 17.4. The number of rotatable bonds is 8. The first kappa shape index (κ1) is 17.7. The van der Waals surface area contributed by atoms with Gasteiger partial charge in [0.05, 0.1) is 27.8 Å². The van der Waals surface area contributed by atoms with Crippen LogP contribution in [-0.2, 0) is 17.6 Å². The summed E-state index contributed by atoms with van der Waals surface area (Å²) in [4.78, 5) is 12.2. The Hall–Kier alpha value is -2.69. The second kappa shape index (κ2) is 8.82. The molecule has 0 aromatic heterocycles. The summed E-state index contributed by atoms with van der Waals surface area (Å²) in [5.41, 5.74) is 1.95. The van der Waals surface area contributed by atoms with Crippen LogP contribution in [0.1, 0.15) is 11.1 Å². The molecule has 5 nitrogen and oxygen atoms in total. The highest BCUT2D eigenvalue weighted by Gasteiger charge is 2.17. The van der Waals surface area contributed by atoms with Gasteiger partial charge in [-0.3, -0.25) is 4.79 Å². The molecule has 0 saturated carbocycles. The smallest absolute Gasteiger partial charge is 0.224 e. The van der Waals surface area contributed by atoms with Gasteiger partial charge >= 0.3 is 0 Å². The second-order valence-electron chi connectivity index (χ2n) is 5.26. The van der Waals surface area contributed by atoms with Crippen LogP contribution in [0.25, 0.3) is 0 Å². The maximum Gasteiger partial charge on any atom is 0.224 e. The topological polar surface area (TPSA) is 56.8 Å². The molecule has 0 heterocycles. The van der Waals surface area contributed by atoms with Crippen LogP contribution in [0.2, 0.25) is 0 Å². The lowest BCUT2D eigenvalue weighted by molar-refractivity contribution is -0.120. The van der Waals surface area contributed by atoms with Gasteiger partial charge in [0, 0.05) is 12.1 Å². The third kappa shape index (κ3) is 4.41. The van der Waals surface area contributed by atoms with E-state index >= 15 is 0 Å². The Balaban J connectivity index is 1.98. The van der Waals surface area contributed by atoms with Crippen molar-refractivity contribution in [1.29, 1.82) is 0 Å². The van der Waals surface area contributed by atoms with Crippen LogP contribution in [0.3, 0.4) is 0 Å². The summed E-state index contributed by atoms with van der Waals surface area (Å²) in [6, 6.07) is 13.6. The van der Waals surface area contributed by atoms with Gasteiger partial charge in [-0.2, -0.15) is 0 Å². The summed E-state index contributed by atoms with van der Waals surface area (Å²) < 4.78 is 16.0. The van der Waals surface area contributed by atoms with Gasteiger partial charge in [-0.15, -0.1) is 0 Å². The standard InChI is InChI=1S/C19H23NO4/c1-22-16-10-9-15(18(23-2)19(16)24-3)13-17(21)20-12-11-14-7-5-4-6-8-14/h4-10H,11-13H2,1-3H3,(H,20,21). The average molecular weight is 329 g/mol. The Kier molecular flexibility index (Phi) is 6.49. The molecule has 5 heteroatoms. The van der Waals surface area contributed by atoms with Crippen LogP contribution >= 0.6 is 0 Å². The monoisotopic (exact) mass is 329 g/mol. The van der Waals surface area contributed by atoms with Gasteiger partial charge in [0.15, 0.2) is 11.5 Å². The molecule has 0 aliphatic carbocycles. The van der Waals surface area contributed by atoms with Gasteiger partial charge in [0.1, 0.15) is 0 Å². The van der Waals surface area contributed by atoms with E-state index in [2.05, 4.69) is 5.32 Å². The van der Waals surface area contributed by atoms with Gasteiger partial charge in [-0.1, -0.05) is 36.4 Å². The number of hydrogen-bond acceptors (Lipinski definition) is 4. The van der Waals surface area contributed by atoms with Crippen molar-refractivity contribution in [1.82, 2.24) is 5.32 Å². The Bertz CT molecular complexity index is 671. The van der Waals surface area contributed by atoms with Crippen molar-refractivity contribution in [3.63, 3.8) is 0 Å². The van der Waals surface area contributed by atoms with E-state index < -0.39 is 0 Å². The summed E-state index contributed by atoms with van der Waals surface area (Å²) in [5.74, 6) is 1.53. The molecule has 2 aromatic carbocycles. The quantitative estimate of drug-likeness (QED) is 0.809. The number of ether oxygens (including phenoxy) is 3. The van der Waals surface area contributed by atoms with Gasteiger partial charge in [0.25, 0.3) is 0 Å². The van der Waals surface area contributed by atoms with E-state index in [1.54, 1.807) is 27.4 Å². The summed E-state index contributed by atoms with van der Waals surface area (Å²) in [6.45, 7) is 0.596. The van der Waals surface area contributed by atoms with Crippen LogP contribution < -0.4 is 19.5 Å². The van der Waals surface area contributed by atoms with Crippen molar-refractivity contribution in [2.24, 2.45) is 0 Å². The predicted molar refractivity (Wildman–Crippen MR) is 93.0 cm³/mol. The first-order valence-electron chi connectivity index (χ1n) is 7.78. The molecule has 0 fully saturated rings. The predicted octanol–water partition coefficient (Wildman–Crippen LogP) is 2.61. The second-order valence-corrected chi connectivity index (χ2v) is 5.26. The molecular formula is C19H23NO4. The number of carbonyl (C=O) groups is 1. The molecule has 0 aliphatic rings. The lowest BCUT2D eigenvalue weighted by atomic mass is 10.1. The summed E-state index contributed by atoms with van der Waals surface area (Å²) >= 11 is 0. The Labute approximate surface area is 142 Å². The fourth-order valence-electron chi connectivity index (χ4n) is 2.53. The van der Waals surface area contributed by atoms with E-state index in [0.717, 1.165) is 12.0 Å². The molecule has 0 radical (unpaired) electrons. The first-order valence-corrected chi connectivity index (χ1v) is 7.78. The molecule has 128 valence electrons. The van der Waals surface area contributed by atoms with Crippen molar-refractivity contribution < 1.29 is 19.0 Å². The van der Waals surface area contributed by atoms with E-state index in [-0.39, 0.29) is 12.3 Å². The molecule has 0 saturated heterocycles. The molecular weight excluding hydrogens is 306 g/mol. The minimum Gasteiger partial charge on any atom is -0.493 e. The highest BCUT2D eigenvalue weighted by Crippen LogP contribution is 2.39. The maximum atomic E-state index is 12.2. The van der Waals surface area contributed by atoms with Gasteiger partial charge in [0.2, 0.25) is 11.7 Å². The number of methoxy groups -OCH3 is 3. The fraction of sp³-hybridized carbons (Fsp3) is 0.316. The van der Waals surface area contributed by atoms with Crippen LogP contribution in [0.5, 0.6) is 17.2 Å². The largest absolute Gasteiger partial charge is 0.493 e. The SMILES string of the molecule is COc1ccc(CC(=O)NCCc2ccccc2)c(OC)c1OC. The molecule has 0 atom stereocenters. The third-order valence-corrected chi connectivity index (χ3v) is 3.72. The third-order valence-electron chi connectivity index (χ3n) is 3.72. The average Bonchev–Trinajstić information content (AvgIpc) is 2.62. The number of amides is 1.